The van der Waals surface area contributed by atoms with E-state index in [1.807, 2.05) is 12.1 Å². The summed E-state index contributed by atoms with van der Waals surface area (Å²) in [6.07, 6.45) is 0.942. The number of thioether (sulfide) groups is 1. The van der Waals surface area contributed by atoms with E-state index in [-0.39, 0.29) is 17.1 Å². The Hall–Kier alpha value is -1.40. The van der Waals surface area contributed by atoms with Crippen LogP contribution in [0.25, 0.3) is 0 Å². The van der Waals surface area contributed by atoms with Crippen molar-refractivity contribution in [1.82, 2.24) is 9.97 Å². The van der Waals surface area contributed by atoms with Gasteiger partial charge in [-0.15, -0.1) is 11.3 Å². The number of carbonyl (C=O) groups is 1. The Labute approximate surface area is 119 Å². The van der Waals surface area contributed by atoms with E-state index in [0.29, 0.717) is 10.9 Å². The van der Waals surface area contributed by atoms with E-state index >= 15 is 0 Å². The number of aryl methyl sites for hydroxylation is 2. The Morgan fingerprint density at radius 3 is 2.89 bits per heavy atom. The minimum Gasteiger partial charge on any atom is -0.301 e. The van der Waals surface area contributed by atoms with Crippen LogP contribution in [0.4, 0.5) is 0 Å². The fraction of sp³-hybridized carbons (Fsp3) is 0.308. The van der Waals surface area contributed by atoms with E-state index in [1.54, 1.807) is 6.92 Å². The van der Waals surface area contributed by atoms with Gasteiger partial charge in [0.25, 0.3) is 5.56 Å². The first-order valence-corrected chi connectivity index (χ1v) is 7.71. The van der Waals surface area contributed by atoms with Crippen LogP contribution in [-0.4, -0.2) is 21.5 Å². The third-order valence-electron chi connectivity index (χ3n) is 2.47. The van der Waals surface area contributed by atoms with Crippen LogP contribution in [0.3, 0.4) is 0 Å². The Bertz CT molecular complexity index is 646. The zero-order chi connectivity index (χ0) is 13.8. The Balaban J connectivity index is 2.02. The summed E-state index contributed by atoms with van der Waals surface area (Å²) < 4.78 is 0. The van der Waals surface area contributed by atoms with Crippen LogP contribution in [0, 0.1) is 6.92 Å². The second-order valence-electron chi connectivity index (χ2n) is 4.02. The molecule has 4 nitrogen and oxygen atoms in total. The van der Waals surface area contributed by atoms with Crippen molar-refractivity contribution >= 4 is 28.9 Å². The zero-order valence-corrected chi connectivity index (χ0v) is 12.4. The van der Waals surface area contributed by atoms with Crippen LogP contribution in [0.2, 0.25) is 0 Å². The van der Waals surface area contributed by atoms with E-state index in [0.717, 1.165) is 11.3 Å². The summed E-state index contributed by atoms with van der Waals surface area (Å²) in [6, 6.07) is 5.27. The smallest absolute Gasteiger partial charge is 0.251 e. The molecule has 2 rings (SSSR count). The second-order valence-corrected chi connectivity index (χ2v) is 6.16. The van der Waals surface area contributed by atoms with Crippen LogP contribution >= 0.6 is 23.1 Å². The fourth-order valence-corrected chi connectivity index (χ4v) is 3.32. The molecule has 0 saturated heterocycles. The molecule has 0 saturated carbocycles. The number of thiophene rings is 1. The van der Waals surface area contributed by atoms with E-state index < -0.39 is 0 Å². The summed E-state index contributed by atoms with van der Waals surface area (Å²) in [7, 11) is 0. The van der Waals surface area contributed by atoms with Crippen molar-refractivity contribution in [2.45, 2.75) is 25.4 Å². The molecule has 0 unspecified atom stereocenters. The van der Waals surface area contributed by atoms with E-state index in [2.05, 4.69) is 16.9 Å². The van der Waals surface area contributed by atoms with Crippen LogP contribution in [0.15, 0.2) is 28.2 Å². The molecule has 0 bridgehead atoms. The Kier molecular flexibility index (Phi) is 4.55. The quantitative estimate of drug-likeness (QED) is 0.523. The SMILES string of the molecule is CCc1ccc(C(=O)CSc2nc(C)cc(=O)[nH]2)s1. The van der Waals surface area contributed by atoms with Crippen LogP contribution in [-0.2, 0) is 6.42 Å². The van der Waals surface area contributed by atoms with Gasteiger partial charge < -0.3 is 4.98 Å². The van der Waals surface area contributed by atoms with Crippen LogP contribution in [0.5, 0.6) is 0 Å². The monoisotopic (exact) mass is 294 g/mol. The van der Waals surface area contributed by atoms with Crippen LogP contribution < -0.4 is 5.56 Å². The molecule has 2 heterocycles. The molecule has 2 aromatic heterocycles. The van der Waals surface area contributed by atoms with Crippen molar-refractivity contribution in [1.29, 1.82) is 0 Å². The molecule has 0 fully saturated rings. The first kappa shape index (κ1) is 14.0. The van der Waals surface area contributed by atoms with Crippen molar-refractivity contribution in [2.75, 3.05) is 5.75 Å². The predicted octanol–water partition coefficient (Wildman–Crippen LogP) is 2.68. The number of aromatic amines is 1. The molecule has 2 aromatic rings. The maximum atomic E-state index is 12.0. The third kappa shape index (κ3) is 3.78. The van der Waals surface area contributed by atoms with Gasteiger partial charge in [0.05, 0.1) is 10.6 Å². The van der Waals surface area contributed by atoms with Crippen molar-refractivity contribution < 1.29 is 4.79 Å². The van der Waals surface area contributed by atoms with Gasteiger partial charge in [-0.3, -0.25) is 9.59 Å². The fourth-order valence-electron chi connectivity index (χ4n) is 1.54. The van der Waals surface area contributed by atoms with Gasteiger partial charge in [0.15, 0.2) is 10.9 Å². The van der Waals surface area contributed by atoms with Crippen molar-refractivity contribution in [3.8, 4) is 0 Å². The summed E-state index contributed by atoms with van der Waals surface area (Å²) in [6.45, 7) is 3.82. The largest absolute Gasteiger partial charge is 0.301 e. The standard InChI is InChI=1S/C13H14N2O2S2/c1-3-9-4-5-11(19-9)10(16)7-18-13-14-8(2)6-12(17)15-13/h4-6H,3,7H2,1-2H3,(H,14,15,17). The lowest BCUT2D eigenvalue weighted by atomic mass is 10.3. The van der Waals surface area contributed by atoms with E-state index in [4.69, 9.17) is 0 Å². The van der Waals surface area contributed by atoms with Gasteiger partial charge in [-0.2, -0.15) is 0 Å². The number of hydrogen-bond donors (Lipinski definition) is 1. The molecule has 6 heteroatoms. The highest BCUT2D eigenvalue weighted by atomic mass is 32.2. The molecular formula is C13H14N2O2S2. The average Bonchev–Trinajstić information content (AvgIpc) is 2.83. The molecule has 0 aromatic carbocycles. The average molecular weight is 294 g/mol. The lowest BCUT2D eigenvalue weighted by molar-refractivity contribution is 0.102. The summed E-state index contributed by atoms with van der Waals surface area (Å²) in [5.74, 6) is 0.356. The highest BCUT2D eigenvalue weighted by molar-refractivity contribution is 7.99. The normalized spacial score (nSPS) is 10.6. The van der Waals surface area contributed by atoms with Gasteiger partial charge in [0.2, 0.25) is 0 Å². The third-order valence-corrected chi connectivity index (χ3v) is 4.62. The number of ketones is 1. The van der Waals surface area contributed by atoms with E-state index in [9.17, 15) is 9.59 Å². The molecule has 1 N–H and O–H groups in total. The number of nitrogens with zero attached hydrogens (tertiary/aromatic N) is 1. The number of nitrogens with one attached hydrogen (secondary N) is 1. The van der Waals surface area contributed by atoms with Gasteiger partial charge in [0.1, 0.15) is 0 Å². The molecule has 0 radical (unpaired) electrons. The summed E-state index contributed by atoms with van der Waals surface area (Å²) in [4.78, 5) is 32.0. The summed E-state index contributed by atoms with van der Waals surface area (Å²) in [5, 5.41) is 0.491. The van der Waals surface area contributed by atoms with Gasteiger partial charge in [-0.1, -0.05) is 18.7 Å². The summed E-state index contributed by atoms with van der Waals surface area (Å²) in [5.41, 5.74) is 0.468. The molecule has 0 spiro atoms. The minimum absolute atomic E-state index is 0.0684. The molecule has 19 heavy (non-hydrogen) atoms. The topological polar surface area (TPSA) is 62.8 Å². The van der Waals surface area contributed by atoms with Crippen molar-refractivity contribution in [3.05, 3.63) is 44.0 Å². The van der Waals surface area contributed by atoms with Crippen LogP contribution in [0.1, 0.15) is 27.2 Å². The minimum atomic E-state index is -0.188. The maximum absolute atomic E-state index is 12.0. The number of hydrogen-bond acceptors (Lipinski definition) is 5. The molecule has 0 aliphatic carbocycles. The molecular weight excluding hydrogens is 280 g/mol. The first-order valence-electron chi connectivity index (χ1n) is 5.91. The summed E-state index contributed by atoms with van der Waals surface area (Å²) >= 11 is 2.79. The molecule has 0 aliphatic heterocycles. The predicted molar refractivity (Wildman–Crippen MR) is 78.3 cm³/mol. The van der Waals surface area contributed by atoms with Crippen molar-refractivity contribution in [2.24, 2.45) is 0 Å². The number of carbonyl (C=O) groups excluding carboxylic acids is 1. The van der Waals surface area contributed by atoms with Gasteiger partial charge in [-0.25, -0.2) is 4.98 Å². The van der Waals surface area contributed by atoms with Gasteiger partial charge >= 0.3 is 0 Å². The highest BCUT2D eigenvalue weighted by Crippen LogP contribution is 2.20. The molecule has 100 valence electrons. The molecule has 0 aliphatic rings. The zero-order valence-electron chi connectivity index (χ0n) is 10.7. The number of H-pyrrole nitrogens is 1. The molecule has 0 amide bonds. The second kappa shape index (κ2) is 6.16. The van der Waals surface area contributed by atoms with Gasteiger partial charge in [0, 0.05) is 16.6 Å². The number of aromatic nitrogens is 2. The number of rotatable bonds is 5. The molecule has 0 atom stereocenters. The Morgan fingerprint density at radius 2 is 2.26 bits per heavy atom. The van der Waals surface area contributed by atoms with E-state index in [1.165, 1.54) is 34.0 Å². The number of Topliss-reactive ketones (excluding diaryl/α,β-unsaturated/α-hetero) is 1. The van der Waals surface area contributed by atoms with Gasteiger partial charge in [-0.05, 0) is 25.5 Å². The Morgan fingerprint density at radius 1 is 1.47 bits per heavy atom. The lowest BCUT2D eigenvalue weighted by Gasteiger charge is -2.00. The first-order chi connectivity index (χ1) is 9.08. The maximum Gasteiger partial charge on any atom is 0.251 e. The lowest BCUT2D eigenvalue weighted by Crippen LogP contribution is -2.09. The highest BCUT2D eigenvalue weighted by Gasteiger charge is 2.10. The van der Waals surface area contributed by atoms with Crippen molar-refractivity contribution in [3.63, 3.8) is 0 Å².